The molecule has 0 aliphatic rings. The van der Waals surface area contributed by atoms with Crippen molar-refractivity contribution in [3.63, 3.8) is 0 Å². The van der Waals surface area contributed by atoms with Crippen molar-refractivity contribution >= 4 is 23.4 Å². The van der Waals surface area contributed by atoms with Gasteiger partial charge in [0, 0.05) is 37.0 Å². The van der Waals surface area contributed by atoms with Gasteiger partial charge in [-0.2, -0.15) is 4.98 Å². The Hall–Kier alpha value is -1.85. The molecule has 0 aliphatic heterocycles. The Morgan fingerprint density at radius 3 is 2.77 bits per heavy atom. The van der Waals surface area contributed by atoms with Crippen LogP contribution in [0, 0.1) is 6.92 Å². The second-order valence-electron chi connectivity index (χ2n) is 4.94. The lowest BCUT2D eigenvalue weighted by atomic mass is 10.1. The molecule has 2 aromatic rings. The number of halogens is 1. The summed E-state index contributed by atoms with van der Waals surface area (Å²) in [6.07, 6.45) is 0.885. The minimum absolute atomic E-state index is 0.613. The van der Waals surface area contributed by atoms with Crippen LogP contribution < -0.4 is 10.6 Å². The summed E-state index contributed by atoms with van der Waals surface area (Å²) >= 11 is 5.98. The van der Waals surface area contributed by atoms with Crippen LogP contribution in [0.4, 0.5) is 11.8 Å². The molecule has 1 aromatic carbocycles. The zero-order chi connectivity index (χ0) is 15.8. The fourth-order valence-corrected chi connectivity index (χ4v) is 2.24. The van der Waals surface area contributed by atoms with Crippen molar-refractivity contribution in [1.82, 2.24) is 9.97 Å². The third kappa shape index (κ3) is 5.50. The molecular weight excluding hydrogens is 300 g/mol. The number of hydrogen-bond donors (Lipinski definition) is 2. The van der Waals surface area contributed by atoms with Crippen LogP contribution in [0.1, 0.15) is 11.3 Å². The molecule has 1 heterocycles. The van der Waals surface area contributed by atoms with Crippen LogP contribution in [-0.2, 0) is 11.2 Å². The highest BCUT2D eigenvalue weighted by Gasteiger charge is 2.02. The van der Waals surface area contributed by atoms with Crippen LogP contribution in [0.5, 0.6) is 0 Å². The van der Waals surface area contributed by atoms with Gasteiger partial charge in [0.1, 0.15) is 5.82 Å². The van der Waals surface area contributed by atoms with Crippen molar-refractivity contribution in [2.45, 2.75) is 13.3 Å². The molecule has 0 radical (unpaired) electrons. The van der Waals surface area contributed by atoms with Gasteiger partial charge in [-0.3, -0.25) is 0 Å². The third-order valence-corrected chi connectivity index (χ3v) is 3.29. The van der Waals surface area contributed by atoms with Gasteiger partial charge < -0.3 is 15.4 Å². The lowest BCUT2D eigenvalue weighted by Gasteiger charge is -2.10. The first-order chi connectivity index (χ1) is 10.7. The van der Waals surface area contributed by atoms with Crippen molar-refractivity contribution in [2.75, 3.05) is 37.4 Å². The molecule has 0 saturated carbocycles. The molecule has 0 spiro atoms. The largest absolute Gasteiger partial charge is 0.383 e. The van der Waals surface area contributed by atoms with E-state index >= 15 is 0 Å². The number of nitrogens with zero attached hydrogens (tertiary/aromatic N) is 2. The zero-order valence-electron chi connectivity index (χ0n) is 12.9. The summed E-state index contributed by atoms with van der Waals surface area (Å²) in [5.41, 5.74) is 2.12. The topological polar surface area (TPSA) is 59.1 Å². The van der Waals surface area contributed by atoms with Gasteiger partial charge in [0.2, 0.25) is 5.95 Å². The number of benzene rings is 1. The van der Waals surface area contributed by atoms with E-state index in [0.717, 1.165) is 29.5 Å². The molecule has 118 valence electrons. The lowest BCUT2D eigenvalue weighted by molar-refractivity contribution is 0.210. The summed E-state index contributed by atoms with van der Waals surface area (Å²) in [7, 11) is 1.67. The molecule has 2 N–H and O–H groups in total. The van der Waals surface area contributed by atoms with E-state index in [-0.39, 0.29) is 0 Å². The van der Waals surface area contributed by atoms with Crippen LogP contribution >= 0.6 is 11.6 Å². The smallest absolute Gasteiger partial charge is 0.224 e. The summed E-state index contributed by atoms with van der Waals surface area (Å²) in [5, 5.41) is 7.22. The number of rotatable bonds is 8. The van der Waals surface area contributed by atoms with Crippen molar-refractivity contribution < 1.29 is 4.74 Å². The maximum Gasteiger partial charge on any atom is 0.224 e. The first-order valence-electron chi connectivity index (χ1n) is 7.24. The number of hydrogen-bond acceptors (Lipinski definition) is 5. The zero-order valence-corrected chi connectivity index (χ0v) is 13.7. The van der Waals surface area contributed by atoms with Crippen LogP contribution in [0.25, 0.3) is 0 Å². The van der Waals surface area contributed by atoms with Crippen molar-refractivity contribution in [1.29, 1.82) is 0 Å². The Morgan fingerprint density at radius 1 is 1.14 bits per heavy atom. The third-order valence-electron chi connectivity index (χ3n) is 3.05. The van der Waals surface area contributed by atoms with Gasteiger partial charge in [-0.15, -0.1) is 0 Å². The Labute approximate surface area is 136 Å². The highest BCUT2D eigenvalue weighted by atomic mass is 35.5. The molecule has 0 atom stereocenters. The minimum atomic E-state index is 0.613. The quantitative estimate of drug-likeness (QED) is 0.732. The van der Waals surface area contributed by atoms with Crippen molar-refractivity contribution in [2.24, 2.45) is 0 Å². The summed E-state index contributed by atoms with van der Waals surface area (Å²) < 4.78 is 5.00. The lowest BCUT2D eigenvalue weighted by Crippen LogP contribution is -2.13. The highest BCUT2D eigenvalue weighted by molar-refractivity contribution is 6.30. The molecule has 5 nitrogen and oxygen atoms in total. The van der Waals surface area contributed by atoms with Crippen molar-refractivity contribution in [3.05, 3.63) is 46.6 Å². The van der Waals surface area contributed by atoms with Gasteiger partial charge in [-0.1, -0.05) is 23.7 Å². The van der Waals surface area contributed by atoms with E-state index < -0.39 is 0 Å². The van der Waals surface area contributed by atoms with Gasteiger partial charge in [-0.05, 0) is 31.0 Å². The second-order valence-corrected chi connectivity index (χ2v) is 5.38. The Kier molecular flexibility index (Phi) is 6.43. The fourth-order valence-electron chi connectivity index (χ4n) is 2.03. The van der Waals surface area contributed by atoms with Crippen LogP contribution in [0.15, 0.2) is 30.3 Å². The Bertz CT molecular complexity index is 606. The first-order valence-corrected chi connectivity index (χ1v) is 7.62. The molecule has 22 heavy (non-hydrogen) atoms. The summed E-state index contributed by atoms with van der Waals surface area (Å²) in [5.74, 6) is 1.43. The highest BCUT2D eigenvalue weighted by Crippen LogP contribution is 2.12. The summed E-state index contributed by atoms with van der Waals surface area (Å²) in [6, 6.07) is 9.82. The number of methoxy groups -OCH3 is 1. The standard InChI is InChI=1S/C16H21ClN4O/c1-12-10-15(21-16(20-12)19-8-9-22-2)18-7-6-13-4-3-5-14(17)11-13/h3-5,10-11H,6-9H2,1-2H3,(H2,18,19,20,21). The molecule has 0 bridgehead atoms. The minimum Gasteiger partial charge on any atom is -0.383 e. The molecule has 0 unspecified atom stereocenters. The van der Waals surface area contributed by atoms with E-state index in [1.165, 1.54) is 5.56 Å². The Balaban J connectivity index is 1.89. The number of nitrogens with one attached hydrogen (secondary N) is 2. The maximum atomic E-state index is 5.98. The summed E-state index contributed by atoms with van der Waals surface area (Å²) in [4.78, 5) is 8.79. The predicted octanol–water partition coefficient (Wildman–Crippen LogP) is 3.15. The van der Waals surface area contributed by atoms with E-state index in [2.05, 4.69) is 26.7 Å². The molecule has 0 amide bonds. The SMILES string of the molecule is COCCNc1nc(C)cc(NCCc2cccc(Cl)c2)n1. The monoisotopic (exact) mass is 320 g/mol. The van der Waals surface area contributed by atoms with Gasteiger partial charge in [0.15, 0.2) is 0 Å². The molecule has 0 aliphatic carbocycles. The average Bonchev–Trinajstić information content (AvgIpc) is 2.47. The van der Waals surface area contributed by atoms with Gasteiger partial charge in [0.05, 0.1) is 6.61 Å². The molecule has 0 fully saturated rings. The van der Waals surface area contributed by atoms with E-state index in [9.17, 15) is 0 Å². The molecular formula is C16H21ClN4O. The van der Waals surface area contributed by atoms with E-state index in [1.807, 2.05) is 31.2 Å². The van der Waals surface area contributed by atoms with Gasteiger partial charge in [-0.25, -0.2) is 4.98 Å². The molecule has 0 saturated heterocycles. The van der Waals surface area contributed by atoms with E-state index in [4.69, 9.17) is 16.3 Å². The van der Waals surface area contributed by atoms with Crippen LogP contribution in [-0.4, -0.2) is 36.8 Å². The number of aryl methyl sites for hydroxylation is 1. The number of aromatic nitrogens is 2. The number of anilines is 2. The first kappa shape index (κ1) is 16.5. The molecule has 6 heteroatoms. The second kappa shape index (κ2) is 8.56. The van der Waals surface area contributed by atoms with Gasteiger partial charge in [0.25, 0.3) is 0 Å². The van der Waals surface area contributed by atoms with E-state index in [0.29, 0.717) is 19.1 Å². The molecule has 1 aromatic heterocycles. The van der Waals surface area contributed by atoms with Crippen LogP contribution in [0.2, 0.25) is 5.02 Å². The van der Waals surface area contributed by atoms with E-state index in [1.54, 1.807) is 7.11 Å². The summed E-state index contributed by atoms with van der Waals surface area (Å²) in [6.45, 7) is 4.04. The number of ether oxygens (including phenoxy) is 1. The molecule has 2 rings (SSSR count). The van der Waals surface area contributed by atoms with Crippen LogP contribution in [0.3, 0.4) is 0 Å². The van der Waals surface area contributed by atoms with Gasteiger partial charge >= 0.3 is 0 Å². The Morgan fingerprint density at radius 2 is 2.00 bits per heavy atom. The normalized spacial score (nSPS) is 10.5. The van der Waals surface area contributed by atoms with Crippen molar-refractivity contribution in [3.8, 4) is 0 Å². The average molecular weight is 321 g/mol. The maximum absolute atomic E-state index is 5.98. The fraction of sp³-hybridized carbons (Fsp3) is 0.375. The predicted molar refractivity (Wildman–Crippen MR) is 90.8 cm³/mol.